The molecule has 0 aliphatic carbocycles. The van der Waals surface area contributed by atoms with Crippen molar-refractivity contribution in [3.8, 4) is 0 Å². The number of ether oxygens (including phenoxy) is 1. The first kappa shape index (κ1) is 21.0. The Labute approximate surface area is 180 Å². The van der Waals surface area contributed by atoms with Gasteiger partial charge in [0.05, 0.1) is 43.5 Å². The van der Waals surface area contributed by atoms with E-state index in [2.05, 4.69) is 14.7 Å². The number of sulfonamides is 1. The van der Waals surface area contributed by atoms with Gasteiger partial charge in [-0.15, -0.1) is 11.3 Å². The summed E-state index contributed by atoms with van der Waals surface area (Å²) in [5.74, 6) is -0.0705. The van der Waals surface area contributed by atoms with Crippen LogP contribution in [0.1, 0.15) is 22.9 Å². The van der Waals surface area contributed by atoms with Gasteiger partial charge in [0, 0.05) is 30.0 Å². The van der Waals surface area contributed by atoms with E-state index >= 15 is 0 Å². The maximum absolute atomic E-state index is 13.1. The van der Waals surface area contributed by atoms with E-state index in [0.29, 0.717) is 36.6 Å². The third-order valence-corrected chi connectivity index (χ3v) is 6.60. The molecule has 0 bridgehead atoms. The van der Waals surface area contributed by atoms with Crippen molar-refractivity contribution in [3.05, 3.63) is 52.2 Å². The minimum atomic E-state index is -3.44. The molecular formula is C20H24N4O4S2. The van der Waals surface area contributed by atoms with Gasteiger partial charge in [0.25, 0.3) is 5.91 Å². The summed E-state index contributed by atoms with van der Waals surface area (Å²) in [5, 5.41) is 8.21. The number of amides is 1. The van der Waals surface area contributed by atoms with Crippen LogP contribution in [-0.4, -0.2) is 69.0 Å². The number of hydrazone groups is 1. The van der Waals surface area contributed by atoms with Crippen LogP contribution < -0.4 is 4.72 Å². The molecule has 2 aromatic rings. The van der Waals surface area contributed by atoms with Gasteiger partial charge >= 0.3 is 0 Å². The average Bonchev–Trinajstić information content (AvgIpc) is 3.38. The lowest BCUT2D eigenvalue weighted by molar-refractivity contribution is -0.135. The maximum atomic E-state index is 13.1. The summed E-state index contributed by atoms with van der Waals surface area (Å²) in [6.07, 6.45) is 1.64. The lowest BCUT2D eigenvalue weighted by Crippen LogP contribution is -2.43. The summed E-state index contributed by atoms with van der Waals surface area (Å²) in [4.78, 5) is 16.3. The second kappa shape index (κ2) is 8.84. The van der Waals surface area contributed by atoms with Gasteiger partial charge in [-0.05, 0) is 17.5 Å². The normalized spacial score (nSPS) is 20.2. The van der Waals surface area contributed by atoms with Crippen LogP contribution >= 0.6 is 11.3 Å². The fraction of sp³-hybridized carbons (Fsp3) is 0.400. The zero-order valence-electron chi connectivity index (χ0n) is 16.7. The molecule has 1 saturated heterocycles. The second-order valence-corrected chi connectivity index (χ2v) is 10.1. The molecule has 3 heterocycles. The number of nitrogens with one attached hydrogen (secondary N) is 1. The van der Waals surface area contributed by atoms with Crippen molar-refractivity contribution in [3.63, 3.8) is 0 Å². The minimum absolute atomic E-state index is 0.0705. The number of anilines is 1. The van der Waals surface area contributed by atoms with Crippen LogP contribution in [-0.2, 0) is 19.6 Å². The Balaban J connectivity index is 1.63. The number of para-hydroxylation sites is 1. The lowest BCUT2D eigenvalue weighted by atomic mass is 10.0. The number of hydrogen-bond acceptors (Lipinski definition) is 7. The van der Waals surface area contributed by atoms with E-state index in [0.717, 1.165) is 24.2 Å². The van der Waals surface area contributed by atoms with Crippen LogP contribution in [0.15, 0.2) is 46.9 Å². The highest BCUT2D eigenvalue weighted by atomic mass is 32.2. The van der Waals surface area contributed by atoms with Crippen LogP contribution in [0.3, 0.4) is 0 Å². The molecule has 10 heteroatoms. The van der Waals surface area contributed by atoms with Crippen molar-refractivity contribution in [2.45, 2.75) is 12.5 Å². The Hall–Kier alpha value is -2.27. The molecule has 1 aromatic carbocycles. The Bertz CT molecular complexity index is 1030. The Morgan fingerprint density at radius 1 is 1.23 bits per heavy atom. The van der Waals surface area contributed by atoms with Crippen molar-refractivity contribution < 1.29 is 17.9 Å². The average molecular weight is 449 g/mol. The highest BCUT2D eigenvalue weighted by Gasteiger charge is 2.35. The predicted octanol–water partition coefficient (Wildman–Crippen LogP) is 2.13. The van der Waals surface area contributed by atoms with E-state index in [9.17, 15) is 13.2 Å². The molecule has 0 radical (unpaired) electrons. The highest BCUT2D eigenvalue weighted by molar-refractivity contribution is 7.92. The summed E-state index contributed by atoms with van der Waals surface area (Å²) in [5.41, 5.74) is 1.84. The SMILES string of the molecule is CS(=O)(=O)Nc1ccccc1C1=NN(C(=O)CN2CCOCC2)[C@H](c2cccs2)C1. The van der Waals surface area contributed by atoms with Crippen LogP contribution in [0.5, 0.6) is 0 Å². The van der Waals surface area contributed by atoms with Crippen molar-refractivity contribution in [2.24, 2.45) is 5.10 Å². The number of morpholine rings is 1. The van der Waals surface area contributed by atoms with Gasteiger partial charge in [-0.25, -0.2) is 13.4 Å². The number of hydrogen-bond donors (Lipinski definition) is 1. The summed E-state index contributed by atoms with van der Waals surface area (Å²) >= 11 is 1.59. The van der Waals surface area contributed by atoms with Gasteiger partial charge in [-0.2, -0.15) is 5.10 Å². The van der Waals surface area contributed by atoms with E-state index in [1.807, 2.05) is 29.6 Å². The summed E-state index contributed by atoms with van der Waals surface area (Å²) in [7, 11) is -3.44. The molecular weight excluding hydrogens is 424 g/mol. The third kappa shape index (κ3) is 4.89. The fourth-order valence-electron chi connectivity index (χ4n) is 3.65. The number of benzene rings is 1. The zero-order valence-corrected chi connectivity index (χ0v) is 18.3. The van der Waals surface area contributed by atoms with Crippen molar-refractivity contribution in [1.29, 1.82) is 0 Å². The molecule has 2 aliphatic heterocycles. The number of thiophene rings is 1. The van der Waals surface area contributed by atoms with Gasteiger partial charge in [0.15, 0.2) is 0 Å². The van der Waals surface area contributed by atoms with E-state index in [-0.39, 0.29) is 18.5 Å². The maximum Gasteiger partial charge on any atom is 0.257 e. The van der Waals surface area contributed by atoms with Gasteiger partial charge in [0.2, 0.25) is 10.0 Å². The number of carbonyl (C=O) groups excluding carboxylic acids is 1. The van der Waals surface area contributed by atoms with Gasteiger partial charge < -0.3 is 4.74 Å². The molecule has 1 atom stereocenters. The molecule has 8 nitrogen and oxygen atoms in total. The first-order chi connectivity index (χ1) is 14.4. The van der Waals surface area contributed by atoms with Crippen molar-refractivity contribution in [2.75, 3.05) is 43.8 Å². The fourth-order valence-corrected chi connectivity index (χ4v) is 5.04. The van der Waals surface area contributed by atoms with Crippen molar-refractivity contribution >= 4 is 38.7 Å². The lowest BCUT2D eigenvalue weighted by Gasteiger charge is -2.28. The highest BCUT2D eigenvalue weighted by Crippen LogP contribution is 2.36. The molecule has 2 aliphatic rings. The Kier molecular flexibility index (Phi) is 6.19. The molecule has 0 unspecified atom stereocenters. The van der Waals surface area contributed by atoms with Crippen LogP contribution in [0.25, 0.3) is 0 Å². The largest absolute Gasteiger partial charge is 0.379 e. The molecule has 0 spiro atoms. The van der Waals surface area contributed by atoms with E-state index in [1.54, 1.807) is 28.5 Å². The van der Waals surface area contributed by atoms with E-state index in [4.69, 9.17) is 4.74 Å². The molecule has 1 aromatic heterocycles. The molecule has 30 heavy (non-hydrogen) atoms. The quantitative estimate of drug-likeness (QED) is 0.731. The van der Waals surface area contributed by atoms with Gasteiger partial charge in [-0.1, -0.05) is 24.3 Å². The van der Waals surface area contributed by atoms with Crippen LogP contribution in [0, 0.1) is 0 Å². The summed E-state index contributed by atoms with van der Waals surface area (Å²) in [6.45, 7) is 2.98. The Morgan fingerprint density at radius 2 is 2.00 bits per heavy atom. The van der Waals surface area contributed by atoms with Crippen LogP contribution in [0.2, 0.25) is 0 Å². The summed E-state index contributed by atoms with van der Waals surface area (Å²) in [6, 6.07) is 10.9. The standard InChI is InChI=1S/C20H24N4O4S2/c1-30(26,27)22-16-6-3-2-5-15(16)17-13-18(19-7-4-12-29-19)24(21-17)20(25)14-23-8-10-28-11-9-23/h2-7,12,18,22H,8-11,13-14H2,1H3/t18-/m0/s1. The third-order valence-electron chi connectivity index (χ3n) is 5.03. The second-order valence-electron chi connectivity index (χ2n) is 7.33. The summed E-state index contributed by atoms with van der Waals surface area (Å²) < 4.78 is 31.5. The monoisotopic (exact) mass is 448 g/mol. The minimum Gasteiger partial charge on any atom is -0.379 e. The molecule has 1 fully saturated rings. The molecule has 1 amide bonds. The first-order valence-corrected chi connectivity index (χ1v) is 12.5. The zero-order chi connectivity index (χ0) is 21.1. The van der Waals surface area contributed by atoms with E-state index < -0.39 is 10.0 Å². The van der Waals surface area contributed by atoms with Crippen LogP contribution in [0.4, 0.5) is 5.69 Å². The number of nitrogens with zero attached hydrogens (tertiary/aromatic N) is 3. The smallest absolute Gasteiger partial charge is 0.257 e. The number of rotatable bonds is 6. The van der Waals surface area contributed by atoms with Crippen molar-refractivity contribution in [1.82, 2.24) is 9.91 Å². The molecule has 0 saturated carbocycles. The Morgan fingerprint density at radius 3 is 2.70 bits per heavy atom. The van der Waals surface area contributed by atoms with Gasteiger partial charge in [0.1, 0.15) is 0 Å². The topological polar surface area (TPSA) is 91.3 Å². The molecule has 1 N–H and O–H groups in total. The molecule has 160 valence electrons. The van der Waals surface area contributed by atoms with Gasteiger partial charge in [-0.3, -0.25) is 14.4 Å². The van der Waals surface area contributed by atoms with E-state index in [1.165, 1.54) is 0 Å². The first-order valence-electron chi connectivity index (χ1n) is 9.71. The number of carbonyl (C=O) groups is 1. The molecule has 4 rings (SSSR count). The predicted molar refractivity (Wildman–Crippen MR) is 117 cm³/mol.